The monoisotopic (exact) mass is 293 g/mol. The van der Waals surface area contributed by atoms with Crippen LogP contribution < -0.4 is 0 Å². The summed E-state index contributed by atoms with van der Waals surface area (Å²) in [5, 5.41) is 1.52. The van der Waals surface area contributed by atoms with Gasteiger partial charge in [0.05, 0.1) is 18.2 Å². The molecule has 2 rings (SSSR count). The third-order valence-electron chi connectivity index (χ3n) is 2.61. The molecule has 1 aromatic heterocycles. The summed E-state index contributed by atoms with van der Waals surface area (Å²) >= 11 is 3.36. The molecule has 0 saturated heterocycles. The maximum atomic E-state index is 11.7. The standard InChI is InChI=1S/C13H12BrNO2/c1-9(7-14)15-8-11(13(16)17-2)10-5-3-4-6-12(10)15/h3-6,8H,1,7H2,2H3. The van der Waals surface area contributed by atoms with Gasteiger partial charge in [0.1, 0.15) is 0 Å². The Morgan fingerprint density at radius 3 is 2.82 bits per heavy atom. The van der Waals surface area contributed by atoms with Gasteiger partial charge in [0.15, 0.2) is 0 Å². The predicted octanol–water partition coefficient (Wildman–Crippen LogP) is 3.29. The maximum absolute atomic E-state index is 11.7. The molecular formula is C13H12BrNO2. The molecule has 1 heterocycles. The summed E-state index contributed by atoms with van der Waals surface area (Å²) in [6.07, 6.45) is 1.76. The smallest absolute Gasteiger partial charge is 0.340 e. The van der Waals surface area contributed by atoms with Crippen LogP contribution in [-0.2, 0) is 4.74 Å². The highest BCUT2D eigenvalue weighted by molar-refractivity contribution is 9.09. The molecule has 1 aromatic carbocycles. The second-order valence-electron chi connectivity index (χ2n) is 3.62. The maximum Gasteiger partial charge on any atom is 0.340 e. The SMILES string of the molecule is C=C(CBr)n1cc(C(=O)OC)c2ccccc21. The Hall–Kier alpha value is -1.55. The van der Waals surface area contributed by atoms with Gasteiger partial charge in [-0.1, -0.05) is 40.7 Å². The van der Waals surface area contributed by atoms with Gasteiger partial charge in [0.2, 0.25) is 0 Å². The summed E-state index contributed by atoms with van der Waals surface area (Å²) < 4.78 is 6.68. The number of fused-ring (bicyclic) bond motifs is 1. The summed E-state index contributed by atoms with van der Waals surface area (Å²) in [5.41, 5.74) is 2.39. The van der Waals surface area contributed by atoms with Gasteiger partial charge in [0.25, 0.3) is 0 Å². The molecule has 0 aliphatic rings. The quantitative estimate of drug-likeness (QED) is 0.642. The molecule has 0 aliphatic carbocycles. The Labute approximate surface area is 108 Å². The Balaban J connectivity index is 2.71. The van der Waals surface area contributed by atoms with Gasteiger partial charge in [-0.05, 0) is 6.07 Å². The average molecular weight is 294 g/mol. The van der Waals surface area contributed by atoms with E-state index in [1.165, 1.54) is 7.11 Å². The van der Waals surface area contributed by atoms with E-state index in [4.69, 9.17) is 4.74 Å². The average Bonchev–Trinajstić information content (AvgIpc) is 2.76. The molecule has 0 N–H and O–H groups in total. The van der Waals surface area contributed by atoms with Gasteiger partial charge in [0, 0.05) is 22.6 Å². The summed E-state index contributed by atoms with van der Waals surface area (Å²) in [5.74, 6) is -0.331. The molecule has 0 atom stereocenters. The molecule has 0 aliphatic heterocycles. The van der Waals surface area contributed by atoms with Crippen molar-refractivity contribution in [2.45, 2.75) is 0 Å². The minimum absolute atomic E-state index is 0.331. The molecular weight excluding hydrogens is 282 g/mol. The lowest BCUT2D eigenvalue weighted by Crippen LogP contribution is -2.00. The number of ether oxygens (including phenoxy) is 1. The van der Waals surface area contributed by atoms with Crippen LogP contribution in [0.5, 0.6) is 0 Å². The number of halogens is 1. The van der Waals surface area contributed by atoms with E-state index >= 15 is 0 Å². The largest absolute Gasteiger partial charge is 0.465 e. The zero-order valence-corrected chi connectivity index (χ0v) is 11.0. The highest BCUT2D eigenvalue weighted by Gasteiger charge is 2.15. The molecule has 0 radical (unpaired) electrons. The molecule has 17 heavy (non-hydrogen) atoms. The molecule has 0 amide bonds. The molecule has 3 nitrogen and oxygen atoms in total. The van der Waals surface area contributed by atoms with Crippen LogP contribution in [0.1, 0.15) is 10.4 Å². The van der Waals surface area contributed by atoms with Crippen molar-refractivity contribution in [3.63, 3.8) is 0 Å². The van der Waals surface area contributed by atoms with Crippen LogP contribution >= 0.6 is 15.9 Å². The van der Waals surface area contributed by atoms with Crippen molar-refractivity contribution < 1.29 is 9.53 Å². The van der Waals surface area contributed by atoms with Gasteiger partial charge in [-0.15, -0.1) is 0 Å². The van der Waals surface area contributed by atoms with Crippen LogP contribution in [0.4, 0.5) is 0 Å². The Morgan fingerprint density at radius 1 is 1.47 bits per heavy atom. The van der Waals surface area contributed by atoms with E-state index in [1.54, 1.807) is 6.20 Å². The van der Waals surface area contributed by atoms with Crippen LogP contribution in [0.15, 0.2) is 37.0 Å². The number of carbonyl (C=O) groups excluding carboxylic acids is 1. The zero-order valence-electron chi connectivity index (χ0n) is 9.44. The van der Waals surface area contributed by atoms with Crippen molar-refractivity contribution in [1.29, 1.82) is 0 Å². The Morgan fingerprint density at radius 2 is 2.18 bits per heavy atom. The zero-order chi connectivity index (χ0) is 12.4. The second-order valence-corrected chi connectivity index (χ2v) is 4.18. The normalized spacial score (nSPS) is 10.5. The van der Waals surface area contributed by atoms with Gasteiger partial charge in [-0.2, -0.15) is 0 Å². The number of hydrogen-bond donors (Lipinski definition) is 0. The van der Waals surface area contributed by atoms with Crippen molar-refractivity contribution in [2.24, 2.45) is 0 Å². The molecule has 0 bridgehead atoms. The molecule has 0 unspecified atom stereocenters. The lowest BCUT2D eigenvalue weighted by molar-refractivity contribution is 0.0603. The first-order chi connectivity index (χ1) is 8.19. The van der Waals surface area contributed by atoms with Crippen LogP contribution in [-0.4, -0.2) is 23.0 Å². The van der Waals surface area contributed by atoms with E-state index in [1.807, 2.05) is 28.8 Å². The van der Waals surface area contributed by atoms with Crippen molar-refractivity contribution >= 4 is 38.5 Å². The minimum atomic E-state index is -0.331. The van der Waals surface area contributed by atoms with Crippen LogP contribution in [0.3, 0.4) is 0 Å². The van der Waals surface area contributed by atoms with E-state index in [0.717, 1.165) is 16.6 Å². The van der Waals surface area contributed by atoms with E-state index in [-0.39, 0.29) is 5.97 Å². The molecule has 4 heteroatoms. The van der Waals surface area contributed by atoms with Crippen LogP contribution in [0.2, 0.25) is 0 Å². The third-order valence-corrected chi connectivity index (χ3v) is 3.26. The number of hydrogen-bond acceptors (Lipinski definition) is 2. The number of para-hydroxylation sites is 1. The second kappa shape index (κ2) is 4.75. The number of rotatable bonds is 3. The molecule has 2 aromatic rings. The number of allylic oxidation sites excluding steroid dienone is 1. The molecule has 0 spiro atoms. The fourth-order valence-electron chi connectivity index (χ4n) is 1.78. The van der Waals surface area contributed by atoms with Crippen molar-refractivity contribution in [2.75, 3.05) is 12.4 Å². The Bertz CT molecular complexity index is 536. The molecule has 0 fully saturated rings. The van der Waals surface area contributed by atoms with Crippen LogP contribution in [0, 0.1) is 0 Å². The number of benzene rings is 1. The number of methoxy groups -OCH3 is 1. The van der Waals surface area contributed by atoms with Gasteiger partial charge in [-0.25, -0.2) is 4.79 Å². The van der Waals surface area contributed by atoms with Crippen molar-refractivity contribution in [3.05, 3.63) is 42.6 Å². The number of aromatic nitrogens is 1. The number of alkyl halides is 1. The first-order valence-electron chi connectivity index (χ1n) is 5.11. The van der Waals surface area contributed by atoms with Crippen molar-refractivity contribution in [1.82, 2.24) is 4.57 Å². The van der Waals surface area contributed by atoms with E-state index < -0.39 is 0 Å². The first-order valence-corrected chi connectivity index (χ1v) is 6.23. The number of nitrogens with zero attached hydrogens (tertiary/aromatic N) is 1. The molecule has 0 saturated carbocycles. The lowest BCUT2D eigenvalue weighted by atomic mass is 10.2. The topological polar surface area (TPSA) is 31.2 Å². The third kappa shape index (κ3) is 2.00. The Kier molecular flexibility index (Phi) is 3.33. The summed E-state index contributed by atoms with van der Waals surface area (Å²) in [6.45, 7) is 3.96. The fraction of sp³-hybridized carbons (Fsp3) is 0.154. The lowest BCUT2D eigenvalue weighted by Gasteiger charge is -2.04. The van der Waals surface area contributed by atoms with Gasteiger partial charge >= 0.3 is 5.97 Å². The molecule has 88 valence electrons. The number of carbonyl (C=O) groups is 1. The fourth-order valence-corrected chi connectivity index (χ4v) is 2.05. The van der Waals surface area contributed by atoms with E-state index in [9.17, 15) is 4.79 Å². The first kappa shape index (κ1) is 11.9. The summed E-state index contributed by atoms with van der Waals surface area (Å²) in [7, 11) is 1.38. The van der Waals surface area contributed by atoms with Crippen molar-refractivity contribution in [3.8, 4) is 0 Å². The van der Waals surface area contributed by atoms with Gasteiger partial charge in [-0.3, -0.25) is 0 Å². The summed E-state index contributed by atoms with van der Waals surface area (Å²) in [6, 6.07) is 7.69. The van der Waals surface area contributed by atoms with E-state index in [0.29, 0.717) is 10.9 Å². The highest BCUT2D eigenvalue weighted by Crippen LogP contribution is 2.25. The van der Waals surface area contributed by atoms with Crippen LogP contribution in [0.25, 0.3) is 16.6 Å². The summed E-state index contributed by atoms with van der Waals surface area (Å²) in [4.78, 5) is 11.7. The highest BCUT2D eigenvalue weighted by atomic mass is 79.9. The van der Waals surface area contributed by atoms with E-state index in [2.05, 4.69) is 22.5 Å². The van der Waals surface area contributed by atoms with Gasteiger partial charge < -0.3 is 9.30 Å². The number of esters is 1. The predicted molar refractivity (Wildman–Crippen MR) is 72.4 cm³/mol. The minimum Gasteiger partial charge on any atom is -0.465 e.